The molecule has 4 heteroatoms. The Labute approximate surface area is 125 Å². The van der Waals surface area contributed by atoms with E-state index in [4.69, 9.17) is 16.3 Å². The van der Waals surface area contributed by atoms with Crippen LogP contribution in [-0.2, 0) is 11.9 Å². The molecule has 0 heterocycles. The predicted molar refractivity (Wildman–Crippen MR) is 79.6 cm³/mol. The zero-order valence-corrected chi connectivity index (χ0v) is 12.8. The van der Waals surface area contributed by atoms with E-state index in [1.54, 1.807) is 6.07 Å². The van der Waals surface area contributed by atoms with E-state index in [2.05, 4.69) is 15.9 Å². The third-order valence-electron chi connectivity index (χ3n) is 2.75. The second-order valence-corrected chi connectivity index (χ2v) is 5.27. The molecule has 19 heavy (non-hydrogen) atoms. The van der Waals surface area contributed by atoms with Gasteiger partial charge in [0.2, 0.25) is 0 Å². The first kappa shape index (κ1) is 14.4. The monoisotopic (exact) mass is 342 g/mol. The Balaban J connectivity index is 2.16. The van der Waals surface area contributed by atoms with E-state index in [1.807, 2.05) is 25.1 Å². The van der Waals surface area contributed by atoms with Gasteiger partial charge in [0.25, 0.3) is 0 Å². The molecule has 0 amide bonds. The zero-order chi connectivity index (χ0) is 13.8. The maximum atomic E-state index is 13.6. The highest BCUT2D eigenvalue weighted by atomic mass is 79.9. The van der Waals surface area contributed by atoms with Crippen molar-refractivity contribution in [1.82, 2.24) is 0 Å². The quantitative estimate of drug-likeness (QED) is 0.688. The molecule has 0 spiro atoms. The van der Waals surface area contributed by atoms with Crippen LogP contribution in [-0.4, -0.2) is 0 Å². The van der Waals surface area contributed by atoms with Crippen LogP contribution in [0.5, 0.6) is 5.75 Å². The maximum absolute atomic E-state index is 13.6. The second kappa shape index (κ2) is 6.40. The summed E-state index contributed by atoms with van der Waals surface area (Å²) in [5, 5.41) is 1.20. The predicted octanol–water partition coefficient (Wildman–Crippen LogP) is 5.26. The molecule has 0 N–H and O–H groups in total. The molecule has 0 aromatic heterocycles. The normalized spacial score (nSPS) is 10.5. The molecule has 0 atom stereocenters. The summed E-state index contributed by atoms with van der Waals surface area (Å²) in [4.78, 5) is 0. The molecule has 2 aromatic rings. The molecule has 0 aliphatic carbocycles. The average Bonchev–Trinajstić information content (AvgIpc) is 2.40. The fraction of sp³-hybridized carbons (Fsp3) is 0.200. The topological polar surface area (TPSA) is 9.23 Å². The standard InChI is InChI=1S/C15H13BrClFO/c1-10-2-5-15(11(6-10)8-16)19-9-12-7-13(17)3-4-14(12)18/h2-7H,8-9H2,1H3. The van der Waals surface area contributed by atoms with Gasteiger partial charge in [0.05, 0.1) is 0 Å². The molecular formula is C15H13BrClFO. The van der Waals surface area contributed by atoms with Crippen molar-refractivity contribution in [2.45, 2.75) is 18.9 Å². The largest absolute Gasteiger partial charge is 0.488 e. The third kappa shape index (κ3) is 3.71. The number of ether oxygens (including phenoxy) is 1. The molecule has 0 saturated carbocycles. The fourth-order valence-corrected chi connectivity index (χ4v) is 2.40. The Kier molecular flexibility index (Phi) is 4.83. The highest BCUT2D eigenvalue weighted by Crippen LogP contribution is 2.24. The summed E-state index contributed by atoms with van der Waals surface area (Å²) in [6.45, 7) is 2.18. The summed E-state index contributed by atoms with van der Waals surface area (Å²) in [5.74, 6) is 0.443. The number of halogens is 3. The van der Waals surface area contributed by atoms with Gasteiger partial charge in [-0.15, -0.1) is 0 Å². The summed E-state index contributed by atoms with van der Waals surface area (Å²) < 4.78 is 19.2. The van der Waals surface area contributed by atoms with Crippen LogP contribution in [0.1, 0.15) is 16.7 Å². The smallest absolute Gasteiger partial charge is 0.129 e. The van der Waals surface area contributed by atoms with Crippen molar-refractivity contribution in [3.63, 3.8) is 0 Å². The number of hydrogen-bond acceptors (Lipinski definition) is 1. The van der Waals surface area contributed by atoms with Crippen LogP contribution in [0.2, 0.25) is 5.02 Å². The van der Waals surface area contributed by atoms with Crippen molar-refractivity contribution in [2.75, 3.05) is 0 Å². The van der Waals surface area contributed by atoms with Gasteiger partial charge < -0.3 is 4.74 Å². The fourth-order valence-electron chi connectivity index (χ4n) is 1.76. The first-order valence-corrected chi connectivity index (χ1v) is 7.32. The van der Waals surface area contributed by atoms with Crippen molar-refractivity contribution in [1.29, 1.82) is 0 Å². The van der Waals surface area contributed by atoms with Crippen LogP contribution in [0.4, 0.5) is 4.39 Å². The summed E-state index contributed by atoms with van der Waals surface area (Å²) in [7, 11) is 0. The molecule has 100 valence electrons. The minimum absolute atomic E-state index is 0.162. The van der Waals surface area contributed by atoms with E-state index in [-0.39, 0.29) is 12.4 Å². The highest BCUT2D eigenvalue weighted by molar-refractivity contribution is 9.08. The molecular weight excluding hydrogens is 331 g/mol. The number of hydrogen-bond donors (Lipinski definition) is 0. The number of alkyl halides is 1. The van der Waals surface area contributed by atoms with Crippen molar-refractivity contribution >= 4 is 27.5 Å². The van der Waals surface area contributed by atoms with Crippen LogP contribution in [0, 0.1) is 12.7 Å². The van der Waals surface area contributed by atoms with E-state index in [0.717, 1.165) is 16.9 Å². The Morgan fingerprint density at radius 2 is 1.95 bits per heavy atom. The molecule has 0 bridgehead atoms. The molecule has 0 aliphatic rings. The minimum atomic E-state index is -0.308. The lowest BCUT2D eigenvalue weighted by molar-refractivity contribution is 0.297. The molecule has 0 saturated heterocycles. The molecule has 0 fully saturated rings. The summed E-state index contributed by atoms with van der Waals surface area (Å²) in [5.41, 5.74) is 2.66. The Morgan fingerprint density at radius 1 is 1.16 bits per heavy atom. The van der Waals surface area contributed by atoms with Crippen molar-refractivity contribution < 1.29 is 9.13 Å². The first-order valence-electron chi connectivity index (χ1n) is 5.82. The lowest BCUT2D eigenvalue weighted by Gasteiger charge is -2.11. The van der Waals surface area contributed by atoms with Gasteiger partial charge in [0.15, 0.2) is 0 Å². The average molecular weight is 344 g/mol. The van der Waals surface area contributed by atoms with E-state index < -0.39 is 0 Å². The number of rotatable bonds is 4. The SMILES string of the molecule is Cc1ccc(OCc2cc(Cl)ccc2F)c(CBr)c1. The lowest BCUT2D eigenvalue weighted by atomic mass is 10.1. The molecule has 0 unspecified atom stereocenters. The molecule has 2 rings (SSSR count). The molecule has 0 aliphatic heterocycles. The van der Waals surface area contributed by atoms with Crippen LogP contribution < -0.4 is 4.74 Å². The van der Waals surface area contributed by atoms with Gasteiger partial charge in [-0.25, -0.2) is 4.39 Å². The summed E-state index contributed by atoms with van der Waals surface area (Å²) in [6, 6.07) is 10.4. The third-order valence-corrected chi connectivity index (χ3v) is 3.59. The summed E-state index contributed by atoms with van der Waals surface area (Å²) >= 11 is 9.27. The minimum Gasteiger partial charge on any atom is -0.488 e. The molecule has 0 radical (unpaired) electrons. The van der Waals surface area contributed by atoms with Crippen LogP contribution in [0.25, 0.3) is 0 Å². The highest BCUT2D eigenvalue weighted by Gasteiger charge is 2.07. The maximum Gasteiger partial charge on any atom is 0.129 e. The van der Waals surface area contributed by atoms with E-state index in [9.17, 15) is 4.39 Å². The molecule has 1 nitrogen and oxygen atoms in total. The van der Waals surface area contributed by atoms with E-state index >= 15 is 0 Å². The Morgan fingerprint density at radius 3 is 2.68 bits per heavy atom. The van der Waals surface area contributed by atoms with Gasteiger partial charge in [-0.3, -0.25) is 0 Å². The van der Waals surface area contributed by atoms with Gasteiger partial charge in [0.1, 0.15) is 18.2 Å². The number of aryl methyl sites for hydroxylation is 1. The first-order chi connectivity index (χ1) is 9.10. The van der Waals surface area contributed by atoms with Crippen molar-refractivity contribution in [2.24, 2.45) is 0 Å². The van der Waals surface area contributed by atoms with Crippen LogP contribution in [0.3, 0.4) is 0 Å². The molecule has 2 aromatic carbocycles. The van der Waals surface area contributed by atoms with Gasteiger partial charge in [0, 0.05) is 21.5 Å². The second-order valence-electron chi connectivity index (χ2n) is 4.27. The van der Waals surface area contributed by atoms with Gasteiger partial charge in [-0.1, -0.05) is 45.2 Å². The van der Waals surface area contributed by atoms with Gasteiger partial charge >= 0.3 is 0 Å². The Bertz CT molecular complexity index is 586. The number of benzene rings is 2. The lowest BCUT2D eigenvalue weighted by Crippen LogP contribution is -2.00. The summed E-state index contributed by atoms with van der Waals surface area (Å²) in [6.07, 6.45) is 0. The Hall–Kier alpha value is -1.06. The van der Waals surface area contributed by atoms with E-state index in [0.29, 0.717) is 15.9 Å². The van der Waals surface area contributed by atoms with Crippen LogP contribution in [0.15, 0.2) is 36.4 Å². The van der Waals surface area contributed by atoms with Gasteiger partial charge in [-0.05, 0) is 31.2 Å². The van der Waals surface area contributed by atoms with Crippen molar-refractivity contribution in [3.05, 3.63) is 63.9 Å². The van der Waals surface area contributed by atoms with Crippen LogP contribution >= 0.6 is 27.5 Å². The van der Waals surface area contributed by atoms with E-state index in [1.165, 1.54) is 12.1 Å². The van der Waals surface area contributed by atoms with Gasteiger partial charge in [-0.2, -0.15) is 0 Å². The van der Waals surface area contributed by atoms with Crippen molar-refractivity contribution in [3.8, 4) is 5.75 Å². The zero-order valence-electron chi connectivity index (χ0n) is 10.4.